The van der Waals surface area contributed by atoms with Crippen LogP contribution in [-0.2, 0) is 4.74 Å². The largest absolute Gasteiger partial charge is 0.378 e. The molecule has 2 aromatic carbocycles. The Labute approximate surface area is 171 Å². The summed E-state index contributed by atoms with van der Waals surface area (Å²) in [5, 5.41) is 2.90. The number of halogens is 1. The molecule has 0 saturated carbocycles. The molecule has 0 bridgehead atoms. The molecule has 1 N–H and O–H groups in total. The Bertz CT molecular complexity index is 972. The van der Waals surface area contributed by atoms with Gasteiger partial charge in [-0.2, -0.15) is 0 Å². The quantitative estimate of drug-likeness (QED) is 0.666. The van der Waals surface area contributed by atoms with E-state index in [0.29, 0.717) is 18.8 Å². The number of anilines is 2. The number of nitrogens with one attached hydrogen (secondary N) is 1. The smallest absolute Gasteiger partial charge is 0.255 e. The number of hydrogen-bond acceptors (Lipinski definition) is 5. The van der Waals surface area contributed by atoms with Crippen molar-refractivity contribution in [1.82, 2.24) is 9.97 Å². The number of hydrogen-bond donors (Lipinski definition) is 1. The fourth-order valence-electron chi connectivity index (χ4n) is 3.03. The van der Waals surface area contributed by atoms with Crippen LogP contribution in [0.1, 0.15) is 10.4 Å². The van der Waals surface area contributed by atoms with Crippen LogP contribution in [0.15, 0.2) is 65.4 Å². The zero-order valence-corrected chi connectivity index (χ0v) is 16.7. The van der Waals surface area contributed by atoms with Gasteiger partial charge in [0.05, 0.1) is 18.9 Å². The van der Waals surface area contributed by atoms with E-state index >= 15 is 0 Å². The lowest BCUT2D eigenvalue weighted by molar-refractivity contribution is 0.102. The van der Waals surface area contributed by atoms with Crippen molar-refractivity contribution in [1.29, 1.82) is 0 Å². The summed E-state index contributed by atoms with van der Waals surface area (Å²) in [6, 6.07) is 16.9. The molecule has 0 radical (unpaired) electrons. The lowest BCUT2D eigenvalue weighted by atomic mass is 10.1. The average molecular weight is 439 g/mol. The first-order chi connectivity index (χ1) is 13.7. The molecular weight excluding hydrogens is 420 g/mol. The highest BCUT2D eigenvalue weighted by Gasteiger charge is 2.14. The first-order valence-corrected chi connectivity index (χ1v) is 9.80. The summed E-state index contributed by atoms with van der Waals surface area (Å²) >= 11 is 3.40. The summed E-state index contributed by atoms with van der Waals surface area (Å²) in [6.07, 6.45) is 1.58. The van der Waals surface area contributed by atoms with Crippen LogP contribution in [-0.4, -0.2) is 42.2 Å². The molecule has 1 fully saturated rings. The standard InChI is InChI=1S/C21H19BrN4O2/c22-17-2-1-3-18(12-17)25-21(27)16-6-4-15(5-7-16)19-13-20(24-14-23-19)26-8-10-28-11-9-26/h1-7,12-14H,8-11H2,(H,25,27). The van der Waals surface area contributed by atoms with Gasteiger partial charge < -0.3 is 15.0 Å². The molecule has 3 aromatic rings. The third-order valence-electron chi connectivity index (χ3n) is 4.51. The predicted molar refractivity (Wildman–Crippen MR) is 113 cm³/mol. The molecule has 0 unspecified atom stereocenters. The Morgan fingerprint density at radius 2 is 1.82 bits per heavy atom. The van der Waals surface area contributed by atoms with E-state index in [1.54, 1.807) is 18.5 Å². The number of ether oxygens (including phenoxy) is 1. The third kappa shape index (κ3) is 4.37. The number of aromatic nitrogens is 2. The molecule has 4 rings (SSSR count). The molecule has 0 atom stereocenters. The number of benzene rings is 2. The van der Waals surface area contributed by atoms with Gasteiger partial charge in [-0.25, -0.2) is 9.97 Å². The molecule has 6 nitrogen and oxygen atoms in total. The molecule has 1 saturated heterocycles. The second kappa shape index (κ2) is 8.50. The normalized spacial score (nSPS) is 14.0. The molecule has 7 heteroatoms. The number of carbonyl (C=O) groups excluding carboxylic acids is 1. The van der Waals surface area contributed by atoms with E-state index in [9.17, 15) is 4.79 Å². The maximum Gasteiger partial charge on any atom is 0.255 e. The van der Waals surface area contributed by atoms with E-state index in [4.69, 9.17) is 4.74 Å². The molecule has 2 heterocycles. The molecule has 142 valence electrons. The lowest BCUT2D eigenvalue weighted by Gasteiger charge is -2.27. The second-order valence-electron chi connectivity index (χ2n) is 6.40. The Hall–Kier alpha value is -2.77. The summed E-state index contributed by atoms with van der Waals surface area (Å²) in [5.74, 6) is 0.742. The minimum atomic E-state index is -0.152. The number of nitrogens with zero attached hydrogens (tertiary/aromatic N) is 3. The highest BCUT2D eigenvalue weighted by atomic mass is 79.9. The maximum absolute atomic E-state index is 12.5. The molecule has 0 spiro atoms. The Balaban J connectivity index is 1.49. The summed E-state index contributed by atoms with van der Waals surface area (Å²) in [5.41, 5.74) is 3.10. The van der Waals surface area contributed by atoms with Crippen molar-refractivity contribution in [2.24, 2.45) is 0 Å². The van der Waals surface area contributed by atoms with E-state index in [0.717, 1.165) is 40.3 Å². The van der Waals surface area contributed by atoms with Crippen molar-refractivity contribution in [3.63, 3.8) is 0 Å². The number of morpholine rings is 1. The van der Waals surface area contributed by atoms with Gasteiger partial charge in [-0.1, -0.05) is 34.1 Å². The lowest BCUT2D eigenvalue weighted by Crippen LogP contribution is -2.36. The van der Waals surface area contributed by atoms with Crippen LogP contribution < -0.4 is 10.2 Å². The first kappa shape index (κ1) is 18.6. The number of amides is 1. The molecular formula is C21H19BrN4O2. The summed E-state index contributed by atoms with van der Waals surface area (Å²) in [7, 11) is 0. The number of carbonyl (C=O) groups is 1. The molecule has 1 amide bonds. The summed E-state index contributed by atoms with van der Waals surface area (Å²) in [4.78, 5) is 23.4. The maximum atomic E-state index is 12.5. The van der Waals surface area contributed by atoms with Gasteiger partial charge in [0.25, 0.3) is 5.91 Å². The summed E-state index contributed by atoms with van der Waals surface area (Å²) in [6.45, 7) is 3.07. The van der Waals surface area contributed by atoms with Gasteiger partial charge in [-0.3, -0.25) is 4.79 Å². The molecule has 1 aliphatic heterocycles. The van der Waals surface area contributed by atoms with Crippen LogP contribution >= 0.6 is 15.9 Å². The van der Waals surface area contributed by atoms with Crippen LogP contribution in [0.3, 0.4) is 0 Å². The van der Waals surface area contributed by atoms with E-state index in [1.165, 1.54) is 0 Å². The molecule has 1 aromatic heterocycles. The van der Waals surface area contributed by atoms with E-state index < -0.39 is 0 Å². The highest BCUT2D eigenvalue weighted by molar-refractivity contribution is 9.10. The van der Waals surface area contributed by atoms with Gasteiger partial charge in [0, 0.05) is 40.4 Å². The van der Waals surface area contributed by atoms with Gasteiger partial charge in [0.1, 0.15) is 12.1 Å². The number of rotatable bonds is 4. The monoisotopic (exact) mass is 438 g/mol. The van der Waals surface area contributed by atoms with Crippen LogP contribution in [0.4, 0.5) is 11.5 Å². The van der Waals surface area contributed by atoms with Crippen molar-refractivity contribution in [2.45, 2.75) is 0 Å². The van der Waals surface area contributed by atoms with Gasteiger partial charge in [0.15, 0.2) is 0 Å². The first-order valence-electron chi connectivity index (χ1n) is 9.01. The van der Waals surface area contributed by atoms with Crippen LogP contribution in [0.25, 0.3) is 11.3 Å². The van der Waals surface area contributed by atoms with Crippen molar-refractivity contribution in [2.75, 3.05) is 36.5 Å². The Morgan fingerprint density at radius 1 is 1.04 bits per heavy atom. The van der Waals surface area contributed by atoms with Crippen molar-refractivity contribution >= 4 is 33.3 Å². The van der Waals surface area contributed by atoms with E-state index in [-0.39, 0.29) is 5.91 Å². The Kier molecular flexibility index (Phi) is 5.64. The minimum Gasteiger partial charge on any atom is -0.378 e. The minimum absolute atomic E-state index is 0.152. The highest BCUT2D eigenvalue weighted by Crippen LogP contribution is 2.22. The zero-order valence-electron chi connectivity index (χ0n) is 15.1. The zero-order chi connectivity index (χ0) is 19.3. The average Bonchev–Trinajstić information content (AvgIpc) is 2.75. The molecule has 28 heavy (non-hydrogen) atoms. The third-order valence-corrected chi connectivity index (χ3v) is 5.01. The molecule has 1 aliphatic rings. The van der Waals surface area contributed by atoms with Gasteiger partial charge >= 0.3 is 0 Å². The molecule has 0 aliphatic carbocycles. The van der Waals surface area contributed by atoms with Gasteiger partial charge in [-0.15, -0.1) is 0 Å². The fourth-order valence-corrected chi connectivity index (χ4v) is 3.43. The fraction of sp³-hybridized carbons (Fsp3) is 0.190. The van der Waals surface area contributed by atoms with Crippen molar-refractivity contribution < 1.29 is 9.53 Å². The van der Waals surface area contributed by atoms with Gasteiger partial charge in [0.2, 0.25) is 0 Å². The van der Waals surface area contributed by atoms with Gasteiger partial charge in [-0.05, 0) is 30.3 Å². The summed E-state index contributed by atoms with van der Waals surface area (Å²) < 4.78 is 6.31. The van der Waals surface area contributed by atoms with E-state index in [2.05, 4.69) is 36.1 Å². The van der Waals surface area contributed by atoms with E-state index in [1.807, 2.05) is 42.5 Å². The van der Waals surface area contributed by atoms with Crippen molar-refractivity contribution in [3.05, 3.63) is 71.0 Å². The second-order valence-corrected chi connectivity index (χ2v) is 7.32. The van der Waals surface area contributed by atoms with Crippen molar-refractivity contribution in [3.8, 4) is 11.3 Å². The van der Waals surface area contributed by atoms with Crippen LogP contribution in [0.5, 0.6) is 0 Å². The Morgan fingerprint density at radius 3 is 2.57 bits per heavy atom. The SMILES string of the molecule is O=C(Nc1cccc(Br)c1)c1ccc(-c2cc(N3CCOCC3)ncn2)cc1. The topological polar surface area (TPSA) is 67.4 Å². The van der Waals surface area contributed by atoms with Crippen LogP contribution in [0.2, 0.25) is 0 Å². The van der Waals surface area contributed by atoms with Crippen LogP contribution in [0, 0.1) is 0 Å². The predicted octanol–water partition coefficient (Wildman–Crippen LogP) is 4.00.